The van der Waals surface area contributed by atoms with E-state index in [1.165, 1.54) is 30.7 Å². The van der Waals surface area contributed by atoms with Crippen LogP contribution in [0.25, 0.3) is 10.9 Å². The Morgan fingerprint density at radius 2 is 2.13 bits per heavy atom. The van der Waals surface area contributed by atoms with Crippen molar-refractivity contribution in [1.29, 1.82) is 0 Å². The van der Waals surface area contributed by atoms with Gasteiger partial charge in [0.2, 0.25) is 5.91 Å². The normalized spacial score (nSPS) is 10.5. The van der Waals surface area contributed by atoms with E-state index in [9.17, 15) is 14.0 Å². The van der Waals surface area contributed by atoms with Gasteiger partial charge in [-0.1, -0.05) is 6.07 Å². The van der Waals surface area contributed by atoms with Crippen molar-refractivity contribution >= 4 is 28.5 Å². The molecular formula is C14H11FN6O2. The molecule has 0 radical (unpaired) electrons. The molecule has 0 saturated heterocycles. The van der Waals surface area contributed by atoms with Crippen LogP contribution in [0.15, 0.2) is 36.8 Å². The number of rotatable bonds is 4. The van der Waals surface area contributed by atoms with Crippen molar-refractivity contribution in [2.75, 3.05) is 11.9 Å². The first-order chi connectivity index (χ1) is 11.1. The van der Waals surface area contributed by atoms with Crippen molar-refractivity contribution in [3.63, 3.8) is 0 Å². The second kappa shape index (κ2) is 6.18. The van der Waals surface area contributed by atoms with Crippen LogP contribution in [0.3, 0.4) is 0 Å². The molecule has 3 N–H and O–H groups in total. The molecule has 2 amide bonds. The molecule has 3 rings (SSSR count). The zero-order chi connectivity index (χ0) is 16.2. The van der Waals surface area contributed by atoms with Gasteiger partial charge >= 0.3 is 0 Å². The number of halogens is 1. The zero-order valence-electron chi connectivity index (χ0n) is 11.7. The summed E-state index contributed by atoms with van der Waals surface area (Å²) in [6.07, 6.45) is 4.08. The number of carbonyl (C=O) groups excluding carboxylic acids is 2. The largest absolute Gasteiger partial charge is 0.342 e. The number of hydrogen-bond donors (Lipinski definition) is 3. The number of H-pyrrole nitrogens is 1. The number of hydrogen-bond acceptors (Lipinski definition) is 5. The highest BCUT2D eigenvalue weighted by atomic mass is 19.1. The number of anilines is 1. The van der Waals surface area contributed by atoms with Gasteiger partial charge in [-0.3, -0.25) is 19.7 Å². The van der Waals surface area contributed by atoms with E-state index < -0.39 is 17.6 Å². The number of amides is 2. The molecule has 0 bridgehead atoms. The molecule has 0 unspecified atom stereocenters. The predicted molar refractivity (Wildman–Crippen MR) is 79.0 cm³/mol. The fourth-order valence-electron chi connectivity index (χ4n) is 1.96. The van der Waals surface area contributed by atoms with E-state index in [1.807, 2.05) is 0 Å². The van der Waals surface area contributed by atoms with E-state index in [4.69, 9.17) is 0 Å². The Balaban J connectivity index is 1.64. The first-order valence-electron chi connectivity index (χ1n) is 6.62. The van der Waals surface area contributed by atoms with Crippen LogP contribution in [0.4, 0.5) is 10.2 Å². The van der Waals surface area contributed by atoms with Crippen molar-refractivity contribution in [3.8, 4) is 0 Å². The maximum Gasteiger partial charge on any atom is 0.271 e. The van der Waals surface area contributed by atoms with Crippen LogP contribution in [0.2, 0.25) is 0 Å². The van der Waals surface area contributed by atoms with Gasteiger partial charge in [-0.15, -0.1) is 0 Å². The van der Waals surface area contributed by atoms with Crippen molar-refractivity contribution in [2.45, 2.75) is 0 Å². The highest BCUT2D eigenvalue weighted by Crippen LogP contribution is 2.22. The SMILES string of the molecule is O=C(CNC(=O)c1cnccn1)Nc1n[nH]c2cccc(F)c12. The van der Waals surface area contributed by atoms with Gasteiger partial charge < -0.3 is 10.6 Å². The average molecular weight is 314 g/mol. The Morgan fingerprint density at radius 3 is 2.91 bits per heavy atom. The van der Waals surface area contributed by atoms with Gasteiger partial charge in [-0.25, -0.2) is 9.37 Å². The molecule has 1 aromatic carbocycles. The van der Waals surface area contributed by atoms with Crippen LogP contribution in [0.1, 0.15) is 10.5 Å². The van der Waals surface area contributed by atoms with Gasteiger partial charge in [-0.05, 0) is 12.1 Å². The number of nitrogens with one attached hydrogen (secondary N) is 3. The summed E-state index contributed by atoms with van der Waals surface area (Å²) in [5.41, 5.74) is 0.556. The van der Waals surface area contributed by atoms with E-state index >= 15 is 0 Å². The van der Waals surface area contributed by atoms with E-state index in [0.717, 1.165) is 0 Å². The summed E-state index contributed by atoms with van der Waals surface area (Å²) in [4.78, 5) is 31.2. The molecule has 0 aliphatic carbocycles. The average Bonchev–Trinajstić information content (AvgIpc) is 2.98. The summed E-state index contributed by atoms with van der Waals surface area (Å²) in [5, 5.41) is 11.5. The smallest absolute Gasteiger partial charge is 0.271 e. The molecule has 8 nitrogen and oxygen atoms in total. The monoisotopic (exact) mass is 314 g/mol. The van der Waals surface area contributed by atoms with Crippen LogP contribution in [0, 0.1) is 5.82 Å². The van der Waals surface area contributed by atoms with Gasteiger partial charge in [0, 0.05) is 12.4 Å². The molecule has 0 spiro atoms. The molecule has 0 saturated carbocycles. The predicted octanol–water partition coefficient (Wildman–Crippen LogP) is 0.860. The summed E-state index contributed by atoms with van der Waals surface area (Å²) in [6, 6.07) is 4.43. The van der Waals surface area contributed by atoms with Gasteiger partial charge in [0.25, 0.3) is 5.91 Å². The molecule has 23 heavy (non-hydrogen) atoms. The first kappa shape index (κ1) is 14.6. The van der Waals surface area contributed by atoms with E-state index in [1.54, 1.807) is 6.07 Å². The highest BCUT2D eigenvalue weighted by molar-refractivity contribution is 6.02. The third kappa shape index (κ3) is 3.12. The fourth-order valence-corrected chi connectivity index (χ4v) is 1.96. The van der Waals surface area contributed by atoms with E-state index in [2.05, 4.69) is 30.8 Å². The van der Waals surface area contributed by atoms with Gasteiger partial charge in [0.1, 0.15) is 11.5 Å². The van der Waals surface area contributed by atoms with Crippen LogP contribution in [-0.4, -0.2) is 38.5 Å². The number of aromatic nitrogens is 4. The number of nitrogens with zero attached hydrogens (tertiary/aromatic N) is 3. The molecule has 0 aliphatic heterocycles. The van der Waals surface area contributed by atoms with Gasteiger partial charge in [0.15, 0.2) is 5.82 Å². The van der Waals surface area contributed by atoms with E-state index in [0.29, 0.717) is 5.52 Å². The van der Waals surface area contributed by atoms with Crippen LogP contribution >= 0.6 is 0 Å². The highest BCUT2D eigenvalue weighted by Gasteiger charge is 2.14. The lowest BCUT2D eigenvalue weighted by Gasteiger charge is -2.05. The molecule has 0 fully saturated rings. The lowest BCUT2D eigenvalue weighted by Crippen LogP contribution is -2.33. The second-order valence-corrected chi connectivity index (χ2v) is 4.56. The zero-order valence-corrected chi connectivity index (χ0v) is 11.7. The molecule has 2 aromatic heterocycles. The Hall–Kier alpha value is -3.36. The quantitative estimate of drug-likeness (QED) is 0.661. The minimum Gasteiger partial charge on any atom is -0.342 e. The summed E-state index contributed by atoms with van der Waals surface area (Å²) in [7, 11) is 0. The Morgan fingerprint density at radius 1 is 1.26 bits per heavy atom. The number of benzene rings is 1. The van der Waals surface area contributed by atoms with E-state index in [-0.39, 0.29) is 23.4 Å². The lowest BCUT2D eigenvalue weighted by molar-refractivity contribution is -0.115. The summed E-state index contributed by atoms with van der Waals surface area (Å²) >= 11 is 0. The first-order valence-corrected chi connectivity index (χ1v) is 6.62. The number of fused-ring (bicyclic) bond motifs is 1. The number of carbonyl (C=O) groups is 2. The third-order valence-corrected chi connectivity index (χ3v) is 3.00. The molecule has 9 heteroatoms. The van der Waals surface area contributed by atoms with Crippen molar-refractivity contribution in [1.82, 2.24) is 25.5 Å². The molecule has 0 atom stereocenters. The fraction of sp³-hybridized carbons (Fsp3) is 0.0714. The Kier molecular flexibility index (Phi) is 3.91. The number of aromatic amines is 1. The van der Waals surface area contributed by atoms with Crippen molar-refractivity contribution < 1.29 is 14.0 Å². The second-order valence-electron chi connectivity index (χ2n) is 4.56. The maximum absolute atomic E-state index is 13.8. The van der Waals surface area contributed by atoms with Crippen LogP contribution < -0.4 is 10.6 Å². The van der Waals surface area contributed by atoms with Crippen LogP contribution in [0.5, 0.6) is 0 Å². The maximum atomic E-state index is 13.8. The minimum atomic E-state index is -0.543. The molecule has 116 valence electrons. The standard InChI is InChI=1S/C14H11FN6O2/c15-8-2-1-3-9-12(8)13(21-20-9)19-11(22)7-18-14(23)10-6-16-4-5-17-10/h1-6H,7H2,(H,18,23)(H2,19,20,21,22). The third-order valence-electron chi connectivity index (χ3n) is 3.00. The van der Waals surface area contributed by atoms with Gasteiger partial charge in [-0.2, -0.15) is 5.10 Å². The topological polar surface area (TPSA) is 113 Å². The lowest BCUT2D eigenvalue weighted by atomic mass is 10.2. The Labute approximate surface area is 129 Å². The Bertz CT molecular complexity index is 864. The minimum absolute atomic E-state index is 0.0665. The van der Waals surface area contributed by atoms with Crippen molar-refractivity contribution in [3.05, 3.63) is 48.3 Å². The molecular weight excluding hydrogens is 303 g/mol. The molecule has 0 aliphatic rings. The van der Waals surface area contributed by atoms with Crippen molar-refractivity contribution in [2.24, 2.45) is 0 Å². The van der Waals surface area contributed by atoms with Gasteiger partial charge in [0.05, 0.1) is 23.6 Å². The molecule has 3 aromatic rings. The summed E-state index contributed by atoms with van der Waals surface area (Å²) in [6.45, 7) is -0.307. The summed E-state index contributed by atoms with van der Waals surface area (Å²) in [5.74, 6) is -1.52. The summed E-state index contributed by atoms with van der Waals surface area (Å²) < 4.78 is 13.8. The molecule has 2 heterocycles. The van der Waals surface area contributed by atoms with Crippen LogP contribution in [-0.2, 0) is 4.79 Å².